The van der Waals surface area contributed by atoms with Crippen molar-refractivity contribution in [2.24, 2.45) is 0 Å². The van der Waals surface area contributed by atoms with Crippen LogP contribution < -0.4 is 15.1 Å². The molecule has 2 amide bonds. The molecule has 5 aromatic rings. The standard InChI is InChI=1S/C31H23ClN6O2S2/c32-20-13-14-29-25(15-20)38(24-9-3-6-12-28(24)42-29)31(40)19-36-17-21(34-35-36)16-33-30(39)18-37-22-7-1-4-10-26(22)41-27-11-5-2-8-23(27)37/h1-15,17H,16,18-19H2,(H,33,39). The van der Waals surface area contributed by atoms with Crippen molar-refractivity contribution in [1.82, 2.24) is 20.3 Å². The third-order valence-electron chi connectivity index (χ3n) is 6.92. The van der Waals surface area contributed by atoms with E-state index in [4.69, 9.17) is 11.6 Å². The van der Waals surface area contributed by atoms with E-state index in [0.29, 0.717) is 10.7 Å². The van der Waals surface area contributed by atoms with Gasteiger partial charge in [-0.1, -0.05) is 76.7 Å². The molecule has 0 saturated heterocycles. The molecular formula is C31H23ClN6O2S2. The van der Waals surface area contributed by atoms with Gasteiger partial charge in [-0.05, 0) is 54.6 Å². The molecule has 2 aliphatic heterocycles. The van der Waals surface area contributed by atoms with Gasteiger partial charge < -0.3 is 10.2 Å². The molecule has 0 aliphatic carbocycles. The van der Waals surface area contributed by atoms with Crippen molar-refractivity contribution in [2.45, 2.75) is 32.7 Å². The first kappa shape index (κ1) is 26.6. The number of fused-ring (bicyclic) bond motifs is 4. The van der Waals surface area contributed by atoms with Gasteiger partial charge in [-0.25, -0.2) is 4.68 Å². The minimum atomic E-state index is -0.174. The lowest BCUT2D eigenvalue weighted by Crippen LogP contribution is -2.35. The maximum Gasteiger partial charge on any atom is 0.253 e. The van der Waals surface area contributed by atoms with Gasteiger partial charge in [0.05, 0.1) is 35.5 Å². The first-order chi connectivity index (χ1) is 20.5. The third kappa shape index (κ3) is 5.13. The summed E-state index contributed by atoms with van der Waals surface area (Å²) in [6.07, 6.45) is 1.68. The topological polar surface area (TPSA) is 83.4 Å². The normalized spacial score (nSPS) is 13.1. The number of anilines is 4. The first-order valence-electron chi connectivity index (χ1n) is 13.2. The van der Waals surface area contributed by atoms with Crippen molar-refractivity contribution >= 4 is 69.7 Å². The average Bonchev–Trinajstić information content (AvgIpc) is 3.45. The lowest BCUT2D eigenvalue weighted by molar-refractivity contribution is -0.120. The molecule has 1 aromatic heterocycles. The molecule has 0 spiro atoms. The first-order valence-corrected chi connectivity index (χ1v) is 15.2. The Morgan fingerprint density at radius 2 is 1.33 bits per heavy atom. The van der Waals surface area contributed by atoms with Crippen molar-refractivity contribution in [2.75, 3.05) is 16.3 Å². The molecule has 11 heteroatoms. The Morgan fingerprint density at radius 1 is 0.738 bits per heavy atom. The molecule has 0 fully saturated rings. The smallest absolute Gasteiger partial charge is 0.253 e. The van der Waals surface area contributed by atoms with Gasteiger partial charge in [0, 0.05) is 24.6 Å². The number of carbonyl (C=O) groups is 2. The molecule has 208 valence electrons. The van der Waals surface area contributed by atoms with Crippen LogP contribution in [0.3, 0.4) is 0 Å². The van der Waals surface area contributed by atoms with Crippen LogP contribution in [0.25, 0.3) is 0 Å². The van der Waals surface area contributed by atoms with Crippen LogP contribution in [0.2, 0.25) is 5.02 Å². The van der Waals surface area contributed by atoms with Gasteiger partial charge in [-0.2, -0.15) is 0 Å². The van der Waals surface area contributed by atoms with E-state index in [1.807, 2.05) is 77.7 Å². The molecule has 0 atom stereocenters. The second-order valence-corrected chi connectivity index (χ2v) is 12.3. The Labute approximate surface area is 255 Å². The average molecular weight is 611 g/mol. The van der Waals surface area contributed by atoms with Crippen LogP contribution in [-0.2, 0) is 22.7 Å². The van der Waals surface area contributed by atoms with Crippen molar-refractivity contribution in [3.63, 3.8) is 0 Å². The molecule has 8 nitrogen and oxygen atoms in total. The largest absolute Gasteiger partial charge is 0.349 e. The highest BCUT2D eigenvalue weighted by Crippen LogP contribution is 2.49. The zero-order valence-electron chi connectivity index (χ0n) is 22.1. The van der Waals surface area contributed by atoms with Crippen LogP contribution in [0.4, 0.5) is 22.7 Å². The van der Waals surface area contributed by atoms with E-state index in [2.05, 4.69) is 27.8 Å². The summed E-state index contributed by atoms with van der Waals surface area (Å²) >= 11 is 9.60. The third-order valence-corrected chi connectivity index (χ3v) is 9.42. The number of nitrogens with one attached hydrogen (secondary N) is 1. The fraction of sp³-hybridized carbons (Fsp3) is 0.0968. The van der Waals surface area contributed by atoms with E-state index in [0.717, 1.165) is 42.3 Å². The molecule has 42 heavy (non-hydrogen) atoms. The minimum Gasteiger partial charge on any atom is -0.349 e. The monoisotopic (exact) mass is 610 g/mol. The highest BCUT2D eigenvalue weighted by molar-refractivity contribution is 8.00. The SMILES string of the molecule is O=C(CN1c2ccccc2Sc2ccccc21)NCc1cn(CC(=O)N2c3ccccc3Sc3ccc(Cl)cc32)nn1. The molecule has 7 rings (SSSR count). The highest BCUT2D eigenvalue weighted by atomic mass is 35.5. The summed E-state index contributed by atoms with van der Waals surface area (Å²) in [6.45, 7) is 0.334. The van der Waals surface area contributed by atoms with Crippen LogP contribution in [0.5, 0.6) is 0 Å². The van der Waals surface area contributed by atoms with Crippen molar-refractivity contribution in [1.29, 1.82) is 0 Å². The summed E-state index contributed by atoms with van der Waals surface area (Å²) in [7, 11) is 0. The van der Waals surface area contributed by atoms with Crippen LogP contribution >= 0.6 is 35.1 Å². The van der Waals surface area contributed by atoms with Crippen molar-refractivity contribution < 1.29 is 9.59 Å². The van der Waals surface area contributed by atoms with Crippen LogP contribution in [0.15, 0.2) is 117 Å². The number of amides is 2. The van der Waals surface area contributed by atoms with Gasteiger partial charge in [0.15, 0.2) is 0 Å². The number of halogens is 1. The number of rotatable bonds is 6. The molecular weight excluding hydrogens is 588 g/mol. The van der Waals surface area contributed by atoms with Crippen molar-refractivity contribution in [3.05, 3.63) is 108 Å². The van der Waals surface area contributed by atoms with Crippen LogP contribution in [0, 0.1) is 0 Å². The Balaban J connectivity index is 1.03. The van der Waals surface area contributed by atoms with Gasteiger partial charge in [-0.3, -0.25) is 14.5 Å². The maximum absolute atomic E-state index is 13.6. The summed E-state index contributed by atoms with van der Waals surface area (Å²) in [4.78, 5) is 34.5. The fourth-order valence-corrected chi connectivity index (χ4v) is 7.34. The van der Waals surface area contributed by atoms with Crippen LogP contribution in [0.1, 0.15) is 5.69 Å². The quantitative estimate of drug-likeness (QED) is 0.230. The van der Waals surface area contributed by atoms with Gasteiger partial charge >= 0.3 is 0 Å². The molecule has 0 saturated carbocycles. The molecule has 4 aromatic carbocycles. The van der Waals surface area contributed by atoms with E-state index in [-0.39, 0.29) is 31.4 Å². The van der Waals surface area contributed by atoms with Crippen LogP contribution in [-0.4, -0.2) is 33.4 Å². The number of hydrogen-bond acceptors (Lipinski definition) is 7. The molecule has 0 unspecified atom stereocenters. The molecule has 1 N–H and O–H groups in total. The maximum atomic E-state index is 13.6. The van der Waals surface area contributed by atoms with Crippen molar-refractivity contribution in [3.8, 4) is 0 Å². The Bertz CT molecular complexity index is 1800. The predicted molar refractivity (Wildman–Crippen MR) is 165 cm³/mol. The summed E-state index contributed by atoms with van der Waals surface area (Å²) in [5, 5.41) is 11.9. The number of aromatic nitrogens is 3. The number of hydrogen-bond donors (Lipinski definition) is 1. The molecule has 0 bridgehead atoms. The van der Waals surface area contributed by atoms with E-state index in [9.17, 15) is 9.59 Å². The predicted octanol–water partition coefficient (Wildman–Crippen LogP) is 6.68. The number of carbonyl (C=O) groups excluding carboxylic acids is 2. The van der Waals surface area contributed by atoms with E-state index < -0.39 is 0 Å². The summed E-state index contributed by atoms with van der Waals surface area (Å²) in [5.74, 6) is -0.319. The number of benzene rings is 4. The Hall–Kier alpha value is -4.25. The zero-order valence-corrected chi connectivity index (χ0v) is 24.5. The summed E-state index contributed by atoms with van der Waals surface area (Å²) in [5.41, 5.74) is 4.10. The van der Waals surface area contributed by atoms with Gasteiger partial charge in [0.2, 0.25) is 5.91 Å². The fourth-order valence-electron chi connectivity index (χ4n) is 5.04. The summed E-state index contributed by atoms with van der Waals surface area (Å²) < 4.78 is 1.49. The number of nitrogens with zero attached hydrogens (tertiary/aromatic N) is 5. The zero-order chi connectivity index (χ0) is 28.6. The second kappa shape index (κ2) is 11.2. The molecule has 0 radical (unpaired) electrons. The van der Waals surface area contributed by atoms with Gasteiger partial charge in [0.25, 0.3) is 5.91 Å². The van der Waals surface area contributed by atoms with E-state index in [1.54, 1.807) is 40.7 Å². The Morgan fingerprint density at radius 3 is 2.02 bits per heavy atom. The molecule has 3 heterocycles. The van der Waals surface area contributed by atoms with Gasteiger partial charge in [0.1, 0.15) is 18.8 Å². The van der Waals surface area contributed by atoms with E-state index in [1.165, 1.54) is 4.68 Å². The lowest BCUT2D eigenvalue weighted by Gasteiger charge is -2.32. The highest BCUT2D eigenvalue weighted by Gasteiger charge is 2.29. The second-order valence-electron chi connectivity index (χ2n) is 9.72. The van der Waals surface area contributed by atoms with E-state index >= 15 is 0 Å². The lowest BCUT2D eigenvalue weighted by atomic mass is 10.2. The van der Waals surface area contributed by atoms with Gasteiger partial charge in [-0.15, -0.1) is 5.10 Å². The summed E-state index contributed by atoms with van der Waals surface area (Å²) in [6, 6.07) is 29.5. The molecule has 2 aliphatic rings. The minimum absolute atomic E-state index is 0.0229. The number of para-hydroxylation sites is 3. The Kier molecular flexibility index (Phi) is 7.10.